The number of nitrogens with zero attached hydrogens (tertiary/aromatic N) is 2. The van der Waals surface area contributed by atoms with Crippen molar-refractivity contribution >= 4 is 11.5 Å². The predicted molar refractivity (Wildman–Crippen MR) is 61.2 cm³/mol. The van der Waals surface area contributed by atoms with Crippen LogP contribution in [0.5, 0.6) is 0 Å². The van der Waals surface area contributed by atoms with E-state index in [2.05, 4.69) is 15.2 Å². The van der Waals surface area contributed by atoms with Crippen LogP contribution in [0, 0.1) is 0 Å². The molecule has 1 fully saturated rings. The zero-order valence-corrected chi connectivity index (χ0v) is 8.98. The molecule has 2 N–H and O–H groups in total. The van der Waals surface area contributed by atoms with Crippen molar-refractivity contribution in [2.24, 2.45) is 0 Å². The van der Waals surface area contributed by atoms with Crippen LogP contribution in [-0.2, 0) is 0 Å². The minimum absolute atomic E-state index is 0.202. The summed E-state index contributed by atoms with van der Waals surface area (Å²) in [4.78, 5) is 6.43. The van der Waals surface area contributed by atoms with Crippen molar-refractivity contribution in [2.45, 2.75) is 18.9 Å². The molecule has 0 bridgehead atoms. The van der Waals surface area contributed by atoms with E-state index in [4.69, 9.17) is 5.11 Å². The van der Waals surface area contributed by atoms with E-state index in [0.717, 1.165) is 11.5 Å². The first kappa shape index (κ1) is 10.2. The highest BCUT2D eigenvalue weighted by Crippen LogP contribution is 2.31. The summed E-state index contributed by atoms with van der Waals surface area (Å²) in [7, 11) is 1.86. The number of aromatic nitrogens is 1. The summed E-state index contributed by atoms with van der Waals surface area (Å²) in [5.74, 6) is 0.871. The molecule has 1 saturated carbocycles. The van der Waals surface area contributed by atoms with Crippen molar-refractivity contribution in [3.63, 3.8) is 0 Å². The van der Waals surface area contributed by atoms with Crippen molar-refractivity contribution in [2.75, 3.05) is 30.4 Å². The highest BCUT2D eigenvalue weighted by Gasteiger charge is 2.28. The minimum Gasteiger partial charge on any atom is -0.395 e. The molecule has 1 aromatic heterocycles. The molecule has 0 radical (unpaired) electrons. The molecule has 1 aliphatic rings. The summed E-state index contributed by atoms with van der Waals surface area (Å²) >= 11 is 0. The molecule has 15 heavy (non-hydrogen) atoms. The van der Waals surface area contributed by atoms with E-state index < -0.39 is 0 Å². The third-order valence-corrected chi connectivity index (χ3v) is 2.66. The molecule has 0 atom stereocenters. The van der Waals surface area contributed by atoms with Crippen LogP contribution in [0.2, 0.25) is 0 Å². The van der Waals surface area contributed by atoms with Crippen LogP contribution in [0.3, 0.4) is 0 Å². The zero-order chi connectivity index (χ0) is 10.7. The molecule has 0 aliphatic heterocycles. The molecule has 1 heterocycles. The number of aliphatic hydroxyl groups excluding tert-OH is 1. The molecular formula is C11H17N3O. The van der Waals surface area contributed by atoms with E-state index in [0.29, 0.717) is 12.6 Å². The Morgan fingerprint density at radius 2 is 2.40 bits per heavy atom. The van der Waals surface area contributed by atoms with Gasteiger partial charge >= 0.3 is 0 Å². The van der Waals surface area contributed by atoms with Crippen LogP contribution in [0.15, 0.2) is 18.3 Å². The monoisotopic (exact) mass is 207 g/mol. The van der Waals surface area contributed by atoms with Crippen molar-refractivity contribution in [1.29, 1.82) is 0 Å². The van der Waals surface area contributed by atoms with Gasteiger partial charge in [-0.05, 0) is 18.9 Å². The summed E-state index contributed by atoms with van der Waals surface area (Å²) in [6, 6.07) is 4.63. The van der Waals surface area contributed by atoms with Gasteiger partial charge in [0, 0.05) is 37.6 Å². The van der Waals surface area contributed by atoms with Crippen LogP contribution in [0.25, 0.3) is 0 Å². The Kier molecular flexibility index (Phi) is 3.06. The Hall–Kier alpha value is -1.29. The first-order chi connectivity index (χ1) is 7.35. The number of anilines is 2. The summed E-state index contributed by atoms with van der Waals surface area (Å²) in [5, 5.41) is 12.1. The maximum Gasteiger partial charge on any atom is 0.127 e. The topological polar surface area (TPSA) is 48.4 Å². The molecule has 0 spiro atoms. The number of nitrogens with one attached hydrogen (secondary N) is 1. The molecule has 82 valence electrons. The summed E-state index contributed by atoms with van der Waals surface area (Å²) < 4.78 is 0. The molecule has 1 aliphatic carbocycles. The molecule has 0 saturated heterocycles. The van der Waals surface area contributed by atoms with Crippen LogP contribution >= 0.6 is 0 Å². The van der Waals surface area contributed by atoms with Gasteiger partial charge in [0.15, 0.2) is 0 Å². The normalized spacial score (nSPS) is 15.1. The van der Waals surface area contributed by atoms with Crippen molar-refractivity contribution in [1.82, 2.24) is 4.98 Å². The summed E-state index contributed by atoms with van der Waals surface area (Å²) in [6.07, 6.45) is 4.27. The number of pyridine rings is 1. The second-order valence-corrected chi connectivity index (χ2v) is 3.80. The molecule has 4 heteroatoms. The van der Waals surface area contributed by atoms with E-state index in [1.165, 1.54) is 12.8 Å². The number of aliphatic hydroxyl groups is 1. The molecule has 0 aromatic carbocycles. The first-order valence-corrected chi connectivity index (χ1v) is 5.36. The largest absolute Gasteiger partial charge is 0.395 e. The van der Waals surface area contributed by atoms with Gasteiger partial charge in [0.05, 0.1) is 6.61 Å². The highest BCUT2D eigenvalue weighted by atomic mass is 16.3. The molecular weight excluding hydrogens is 190 g/mol. The lowest BCUT2D eigenvalue weighted by atomic mass is 10.3. The van der Waals surface area contributed by atoms with Crippen molar-refractivity contribution in [3.05, 3.63) is 18.3 Å². The summed E-state index contributed by atoms with van der Waals surface area (Å²) in [5.41, 5.74) is 1.14. The lowest BCUT2D eigenvalue weighted by Crippen LogP contribution is -2.28. The van der Waals surface area contributed by atoms with Crippen LogP contribution in [-0.4, -0.2) is 36.3 Å². The third-order valence-electron chi connectivity index (χ3n) is 2.66. The minimum atomic E-state index is 0.202. The Balaban J connectivity index is 2.16. The molecule has 2 rings (SSSR count). The van der Waals surface area contributed by atoms with Gasteiger partial charge in [-0.15, -0.1) is 0 Å². The standard InChI is InChI=1S/C11H17N3O/c1-12-11-8-10(4-5-13-11)14(6-7-15)9-2-3-9/h4-5,8-9,15H,2-3,6-7H2,1H3,(H,12,13). The van der Waals surface area contributed by atoms with E-state index in [1.54, 1.807) is 6.20 Å². The second kappa shape index (κ2) is 4.49. The van der Waals surface area contributed by atoms with Gasteiger partial charge in [0.2, 0.25) is 0 Å². The maximum atomic E-state index is 9.03. The first-order valence-electron chi connectivity index (χ1n) is 5.36. The average molecular weight is 207 g/mol. The van der Waals surface area contributed by atoms with Crippen LogP contribution in [0.4, 0.5) is 11.5 Å². The van der Waals surface area contributed by atoms with Crippen LogP contribution < -0.4 is 10.2 Å². The number of hydrogen-bond acceptors (Lipinski definition) is 4. The van der Waals surface area contributed by atoms with Gasteiger partial charge in [-0.2, -0.15) is 0 Å². The smallest absolute Gasteiger partial charge is 0.127 e. The fourth-order valence-corrected chi connectivity index (χ4v) is 1.75. The van der Waals surface area contributed by atoms with Crippen LogP contribution in [0.1, 0.15) is 12.8 Å². The highest BCUT2D eigenvalue weighted by molar-refractivity contribution is 5.55. The Labute approximate surface area is 89.9 Å². The van der Waals surface area contributed by atoms with Gasteiger partial charge in [0.1, 0.15) is 5.82 Å². The van der Waals surface area contributed by atoms with Crippen molar-refractivity contribution in [3.8, 4) is 0 Å². The molecule has 1 aromatic rings. The van der Waals surface area contributed by atoms with E-state index in [-0.39, 0.29) is 6.61 Å². The Morgan fingerprint density at radius 3 is 3.00 bits per heavy atom. The summed E-state index contributed by atoms with van der Waals surface area (Å²) in [6.45, 7) is 0.908. The van der Waals surface area contributed by atoms with Gasteiger partial charge < -0.3 is 15.3 Å². The number of rotatable bonds is 5. The molecule has 4 nitrogen and oxygen atoms in total. The van der Waals surface area contributed by atoms with E-state index in [9.17, 15) is 0 Å². The van der Waals surface area contributed by atoms with Gasteiger partial charge in [0.25, 0.3) is 0 Å². The zero-order valence-electron chi connectivity index (χ0n) is 8.98. The van der Waals surface area contributed by atoms with E-state index in [1.807, 2.05) is 19.2 Å². The lowest BCUT2D eigenvalue weighted by Gasteiger charge is -2.23. The van der Waals surface area contributed by atoms with Crippen molar-refractivity contribution < 1.29 is 5.11 Å². The lowest BCUT2D eigenvalue weighted by molar-refractivity contribution is 0.301. The Morgan fingerprint density at radius 1 is 1.60 bits per heavy atom. The van der Waals surface area contributed by atoms with Gasteiger partial charge in [-0.1, -0.05) is 0 Å². The fourth-order valence-electron chi connectivity index (χ4n) is 1.75. The number of hydrogen-bond donors (Lipinski definition) is 2. The van der Waals surface area contributed by atoms with Gasteiger partial charge in [-0.3, -0.25) is 0 Å². The quantitative estimate of drug-likeness (QED) is 0.758. The maximum absolute atomic E-state index is 9.03. The third kappa shape index (κ3) is 2.39. The SMILES string of the molecule is CNc1cc(N(CCO)C2CC2)ccn1. The predicted octanol–water partition coefficient (Wildman–Crippen LogP) is 1.08. The van der Waals surface area contributed by atoms with Gasteiger partial charge in [-0.25, -0.2) is 4.98 Å². The molecule has 0 amide bonds. The second-order valence-electron chi connectivity index (χ2n) is 3.80. The fraction of sp³-hybridized carbons (Fsp3) is 0.545. The van der Waals surface area contributed by atoms with E-state index >= 15 is 0 Å². The molecule has 0 unspecified atom stereocenters. The average Bonchev–Trinajstić information content (AvgIpc) is 3.10. The Bertz CT molecular complexity index is 325.